The zero-order valence-electron chi connectivity index (χ0n) is 52.7. The lowest BCUT2D eigenvalue weighted by Crippen LogP contribution is -2.43. The number of carbonyl (C=O) groups is 6. The van der Waals surface area contributed by atoms with E-state index in [1.807, 2.05) is 78.9 Å². The van der Waals surface area contributed by atoms with Crippen LogP contribution in [-0.2, 0) is 91.9 Å². The molecule has 1 fully saturated rings. The van der Waals surface area contributed by atoms with E-state index in [9.17, 15) is 38.4 Å². The van der Waals surface area contributed by atoms with Crippen LogP contribution in [0.3, 0.4) is 0 Å². The lowest BCUT2D eigenvalue weighted by atomic mass is 9.80. The highest BCUT2D eigenvalue weighted by atomic mass is 16.6. The average Bonchev–Trinajstić information content (AvgIpc) is 2.12. The number of esters is 5. The van der Waals surface area contributed by atoms with Crippen LogP contribution < -0.4 is 30.8 Å². The molecule has 0 spiro atoms. The van der Waals surface area contributed by atoms with E-state index in [0.717, 1.165) is 21.3 Å². The molecule has 0 aliphatic carbocycles. The fourth-order valence-electron chi connectivity index (χ4n) is 10.1. The zero-order chi connectivity index (χ0) is 66.2. The minimum Gasteiger partial charge on any atom is -0.497 e. The van der Waals surface area contributed by atoms with Crippen molar-refractivity contribution in [2.75, 3.05) is 102 Å². The summed E-state index contributed by atoms with van der Waals surface area (Å²) in [6.45, 7) is 0.444. The van der Waals surface area contributed by atoms with E-state index in [0.29, 0.717) is 39.8 Å². The second kappa shape index (κ2) is 34.5. The van der Waals surface area contributed by atoms with Gasteiger partial charge in [0.1, 0.15) is 47.9 Å². The van der Waals surface area contributed by atoms with E-state index in [-0.39, 0.29) is 103 Å². The van der Waals surface area contributed by atoms with Crippen LogP contribution >= 0.6 is 0 Å². The minimum atomic E-state index is -1.28. The number of hydrogen-bond acceptors (Lipinski definition) is 22. The third-order valence-electron chi connectivity index (χ3n) is 14.8. The van der Waals surface area contributed by atoms with Crippen LogP contribution in [0.2, 0.25) is 0 Å². The van der Waals surface area contributed by atoms with Crippen molar-refractivity contribution < 1.29 is 80.9 Å². The maximum atomic E-state index is 14.4. The van der Waals surface area contributed by atoms with Crippen LogP contribution in [0, 0.1) is 18.8 Å². The predicted octanol–water partition coefficient (Wildman–Crippen LogP) is 4.26. The average molecular weight is 1270 g/mol. The predicted molar refractivity (Wildman–Crippen MR) is 331 cm³/mol. The highest BCUT2D eigenvalue weighted by Crippen LogP contribution is 2.43. The maximum Gasteiger partial charge on any atom is 0.333 e. The molecule has 2 aromatic heterocycles. The molecule has 1 N–H and O–H groups in total. The number of carbonyl (C=O) groups excluding carboxylic acids is 6. The Morgan fingerprint density at radius 1 is 0.630 bits per heavy atom. The normalized spacial score (nSPS) is 14.3. The van der Waals surface area contributed by atoms with Gasteiger partial charge in [0.15, 0.2) is 0 Å². The van der Waals surface area contributed by atoms with Crippen molar-refractivity contribution in [1.82, 2.24) is 29.2 Å². The molecule has 1 aliphatic heterocycles. The Labute approximate surface area is 532 Å². The molecule has 6 aromatic rings. The molecule has 25 heteroatoms. The van der Waals surface area contributed by atoms with Gasteiger partial charge < -0.3 is 57.4 Å². The molecule has 7 rings (SSSR count). The monoisotopic (exact) mass is 1270 g/mol. The van der Waals surface area contributed by atoms with Gasteiger partial charge in [0.2, 0.25) is 5.91 Å². The number of aryl methyl sites for hydroxylation is 1. The van der Waals surface area contributed by atoms with Gasteiger partial charge in [-0.25, -0.2) is 4.79 Å². The molecule has 3 atom stereocenters. The van der Waals surface area contributed by atoms with Crippen LogP contribution in [-0.4, -0.2) is 174 Å². The van der Waals surface area contributed by atoms with Gasteiger partial charge in [-0.3, -0.25) is 57.5 Å². The number of amides is 1. The van der Waals surface area contributed by atoms with Gasteiger partial charge in [-0.05, 0) is 84.3 Å². The van der Waals surface area contributed by atoms with Crippen molar-refractivity contribution in [2.24, 2.45) is 0 Å². The Balaban J connectivity index is 1.03. The van der Waals surface area contributed by atoms with Crippen molar-refractivity contribution in [3.63, 3.8) is 0 Å². The highest BCUT2D eigenvalue weighted by molar-refractivity contribution is 5.81. The number of benzene rings is 4. The van der Waals surface area contributed by atoms with Gasteiger partial charge in [0.05, 0.1) is 113 Å². The Morgan fingerprint density at radius 3 is 1.65 bits per heavy atom. The molecular weight excluding hydrogens is 1190 g/mol. The molecule has 3 unspecified atom stereocenters. The summed E-state index contributed by atoms with van der Waals surface area (Å²) in [6, 6.07) is 34.8. The SMILES string of the molecule is CNC(=O)CCC(=O)OC1CC(n2cc(C)c(=O)n(CCOCCOc3ccc(C#Cc4cc(CN(CC(=O)OC)CC(=O)OC)nc(CN(CC(=O)OC)CC(=O)OC)c4)cc3)c2=O)OC1COC(c1ccccc1)(c1ccc(OC)cc1)c1ccc(OC)cc1. The van der Waals surface area contributed by atoms with Crippen LogP contribution in [0.15, 0.2) is 131 Å². The first kappa shape index (κ1) is 69.8. The van der Waals surface area contributed by atoms with Gasteiger partial charge in [0, 0.05) is 55.9 Å². The van der Waals surface area contributed by atoms with Crippen molar-refractivity contribution in [1.29, 1.82) is 0 Å². The van der Waals surface area contributed by atoms with E-state index in [4.69, 9.17) is 57.1 Å². The first-order chi connectivity index (χ1) is 44.4. The third-order valence-corrected chi connectivity index (χ3v) is 14.8. The molecule has 1 saturated heterocycles. The number of ether oxygens (including phenoxy) is 11. The van der Waals surface area contributed by atoms with Crippen molar-refractivity contribution in [3.05, 3.63) is 187 Å². The Kier molecular flexibility index (Phi) is 26.1. The molecular formula is C67H76N6O19. The fourth-order valence-corrected chi connectivity index (χ4v) is 10.1. The summed E-state index contributed by atoms with van der Waals surface area (Å²) in [5, 5.41) is 2.51. The van der Waals surface area contributed by atoms with Crippen molar-refractivity contribution >= 4 is 35.8 Å². The Hall–Kier alpha value is -9.71. The number of aromatic nitrogens is 3. The summed E-state index contributed by atoms with van der Waals surface area (Å²) >= 11 is 0. The van der Waals surface area contributed by atoms with E-state index in [1.165, 1.54) is 56.1 Å². The molecule has 3 heterocycles. The summed E-state index contributed by atoms with van der Waals surface area (Å²) in [7, 11) is 9.54. The molecule has 1 amide bonds. The number of hydrogen-bond donors (Lipinski definition) is 1. The van der Waals surface area contributed by atoms with Gasteiger partial charge in [0.25, 0.3) is 5.56 Å². The standard InChI is InChI=1S/C67H76N6O19/c1-45-37-73(59-36-56(92-60(75)29-28-58(74)68-2)57(91-59)44-90-67(48-12-10-9-11-13-48,49-18-24-53(82-3)25-19-49)50-20-26-54(83-4)27-21-50)66(81)72(65(45)80)30-31-88-32-33-89-55-22-16-46(17-23-55)14-15-47-34-51(38-70(40-61(76)84-5)41-62(77)85-6)69-52(35-47)39-71(42-63(78)86-7)43-64(79)87-8/h9-13,16-27,34-35,37,56-57,59H,28-33,36,38-44H2,1-8H3,(H,68,74). The molecule has 1 aliphatic rings. The summed E-state index contributed by atoms with van der Waals surface area (Å²) in [4.78, 5) is 111. The van der Waals surface area contributed by atoms with E-state index >= 15 is 0 Å². The molecule has 25 nitrogen and oxygen atoms in total. The summed E-state index contributed by atoms with van der Waals surface area (Å²) in [6.07, 6.45) is -1.87. The largest absolute Gasteiger partial charge is 0.497 e. The van der Waals surface area contributed by atoms with Gasteiger partial charge >= 0.3 is 35.5 Å². The topological polar surface area (TPSA) is 279 Å². The van der Waals surface area contributed by atoms with E-state index in [1.54, 1.807) is 57.5 Å². The Morgan fingerprint density at radius 2 is 1.14 bits per heavy atom. The van der Waals surface area contributed by atoms with Gasteiger partial charge in [-0.1, -0.05) is 66.4 Å². The second-order valence-electron chi connectivity index (χ2n) is 21.0. The third kappa shape index (κ3) is 19.4. The molecule has 4 aromatic carbocycles. The molecule has 0 radical (unpaired) electrons. The maximum absolute atomic E-state index is 14.4. The van der Waals surface area contributed by atoms with Gasteiger partial charge in [-0.2, -0.15) is 0 Å². The number of nitrogens with zero attached hydrogens (tertiary/aromatic N) is 5. The Bertz CT molecular complexity index is 3520. The number of rotatable bonds is 32. The molecule has 92 heavy (non-hydrogen) atoms. The van der Waals surface area contributed by atoms with Crippen LogP contribution in [0.1, 0.15) is 70.3 Å². The summed E-state index contributed by atoms with van der Waals surface area (Å²) in [5.41, 5.74) is 1.91. The molecule has 0 saturated carbocycles. The first-order valence-corrected chi connectivity index (χ1v) is 29.3. The first-order valence-electron chi connectivity index (χ1n) is 29.3. The number of pyridine rings is 1. The highest BCUT2D eigenvalue weighted by Gasteiger charge is 2.44. The quantitative estimate of drug-likeness (QED) is 0.0203. The second-order valence-corrected chi connectivity index (χ2v) is 21.0. The lowest BCUT2D eigenvalue weighted by Gasteiger charge is -2.37. The summed E-state index contributed by atoms with van der Waals surface area (Å²) in [5.74, 6) is 4.62. The molecule has 488 valence electrons. The van der Waals surface area contributed by atoms with Crippen molar-refractivity contribution in [3.8, 4) is 29.1 Å². The summed E-state index contributed by atoms with van der Waals surface area (Å²) < 4.78 is 64.4. The van der Waals surface area contributed by atoms with Crippen LogP contribution in [0.25, 0.3) is 0 Å². The van der Waals surface area contributed by atoms with E-state index < -0.39 is 65.1 Å². The van der Waals surface area contributed by atoms with Crippen LogP contribution in [0.4, 0.5) is 0 Å². The van der Waals surface area contributed by atoms with Gasteiger partial charge in [-0.15, -0.1) is 0 Å². The zero-order valence-corrected chi connectivity index (χ0v) is 52.7. The minimum absolute atomic E-state index is 0.00139. The number of nitrogens with one attached hydrogen (secondary N) is 1. The smallest absolute Gasteiger partial charge is 0.333 e. The van der Waals surface area contributed by atoms with Crippen molar-refractivity contribution in [2.45, 2.75) is 69.9 Å². The van der Waals surface area contributed by atoms with E-state index in [2.05, 4.69) is 17.2 Å². The fraction of sp³-hybridized carbons (Fsp3) is 0.388. The lowest BCUT2D eigenvalue weighted by molar-refractivity contribution is -0.157. The number of methoxy groups -OCH3 is 6. The van der Waals surface area contributed by atoms with Crippen LogP contribution in [0.5, 0.6) is 17.2 Å². The molecule has 0 bridgehead atoms.